The second-order valence-electron chi connectivity index (χ2n) is 11.2. The molecule has 10 heteroatoms. The summed E-state index contributed by atoms with van der Waals surface area (Å²) >= 11 is 6.39. The number of aryl methyl sites for hydroxylation is 1. The van der Waals surface area contributed by atoms with Crippen LogP contribution in [0.4, 0.5) is 8.78 Å². The van der Waals surface area contributed by atoms with Crippen LogP contribution in [0.5, 0.6) is 0 Å². The van der Waals surface area contributed by atoms with E-state index in [9.17, 15) is 19.8 Å². The zero-order valence-electron chi connectivity index (χ0n) is 20.5. The number of thiazole rings is 1. The minimum absolute atomic E-state index is 0.0403. The summed E-state index contributed by atoms with van der Waals surface area (Å²) in [7, 11) is 0. The maximum absolute atomic E-state index is 17.3. The number of carbonyl (C=O) groups is 2. The Morgan fingerprint density at radius 3 is 2.61 bits per heavy atom. The van der Waals surface area contributed by atoms with Crippen molar-refractivity contribution in [3.8, 4) is 0 Å². The predicted molar refractivity (Wildman–Crippen MR) is 133 cm³/mol. The Kier molecular flexibility index (Phi) is 5.67. The van der Waals surface area contributed by atoms with Crippen molar-refractivity contribution in [3.63, 3.8) is 0 Å². The Morgan fingerprint density at radius 1 is 1.31 bits per heavy atom. The molecule has 0 saturated heterocycles. The van der Waals surface area contributed by atoms with Gasteiger partial charge in [-0.2, -0.15) is 0 Å². The van der Waals surface area contributed by atoms with E-state index < -0.39 is 68.9 Å². The number of aliphatic hydroxyl groups excluding tert-OH is 2. The molecule has 0 aromatic carbocycles. The quantitative estimate of drug-likeness (QED) is 0.422. The molecular formula is C26H29F2NO5S2. The van der Waals surface area contributed by atoms with Crippen molar-refractivity contribution in [3.05, 3.63) is 39.9 Å². The standard InChI is InChI=1S/C26H29F2NO5S2/c1-12-7-15-16-9-18(27)17-8-14(30)5-6-23(17,3)25(16,28)19(31)10-24(15,4)26(12,22(33)35)34-21(32)20-13(2)29-11-36-20/h5-6,8,11-12,15-16,18-19,31H,7,9-10H2,1-4H3,(H,33,35)/t12-,15+,16+,18+,19+,23+,24+,25?,26+/m1/s1. The topological polar surface area (TPSA) is 96.7 Å². The molecule has 9 atom stereocenters. The molecule has 0 aliphatic heterocycles. The van der Waals surface area contributed by atoms with E-state index in [2.05, 4.69) is 4.98 Å². The van der Waals surface area contributed by atoms with Crippen LogP contribution in [0.15, 0.2) is 29.3 Å². The molecule has 4 aliphatic carbocycles. The van der Waals surface area contributed by atoms with E-state index in [0.717, 1.165) is 17.4 Å². The number of thiocarbonyl (C=S) groups is 1. The van der Waals surface area contributed by atoms with E-state index in [1.54, 1.807) is 20.8 Å². The first-order chi connectivity index (χ1) is 16.7. The first kappa shape index (κ1) is 25.6. The first-order valence-corrected chi connectivity index (χ1v) is 13.4. The number of hydrogen-bond donors (Lipinski definition) is 2. The molecule has 1 aromatic rings. The zero-order valence-corrected chi connectivity index (χ0v) is 22.1. The maximum atomic E-state index is 17.3. The molecule has 0 bridgehead atoms. The number of aromatic nitrogens is 1. The molecule has 0 amide bonds. The number of halogens is 2. The molecule has 0 radical (unpaired) electrons. The number of allylic oxidation sites excluding steroid dienone is 4. The van der Waals surface area contributed by atoms with Gasteiger partial charge in [0.05, 0.1) is 17.3 Å². The average Bonchev–Trinajstić information content (AvgIpc) is 3.32. The van der Waals surface area contributed by atoms with Gasteiger partial charge in [-0.1, -0.05) is 19.9 Å². The molecule has 1 unspecified atom stereocenters. The molecule has 3 fully saturated rings. The maximum Gasteiger partial charge on any atom is 0.351 e. The van der Waals surface area contributed by atoms with Gasteiger partial charge in [0.25, 0.3) is 0 Å². The van der Waals surface area contributed by atoms with Gasteiger partial charge < -0.3 is 14.9 Å². The van der Waals surface area contributed by atoms with Crippen LogP contribution in [0, 0.1) is 35.5 Å². The highest BCUT2D eigenvalue weighted by Crippen LogP contribution is 2.71. The van der Waals surface area contributed by atoms with Crippen molar-refractivity contribution in [1.82, 2.24) is 4.98 Å². The Balaban J connectivity index is 1.62. The Morgan fingerprint density at radius 2 is 2.00 bits per heavy atom. The third-order valence-electron chi connectivity index (χ3n) is 9.67. The molecule has 3 saturated carbocycles. The highest BCUT2D eigenvalue weighted by Gasteiger charge is 2.77. The minimum atomic E-state index is -2.27. The lowest BCUT2D eigenvalue weighted by atomic mass is 9.44. The summed E-state index contributed by atoms with van der Waals surface area (Å²) in [6.45, 7) is 6.70. The van der Waals surface area contributed by atoms with E-state index >= 15 is 8.78 Å². The van der Waals surface area contributed by atoms with Gasteiger partial charge in [0.2, 0.25) is 5.05 Å². The van der Waals surface area contributed by atoms with Gasteiger partial charge in [0, 0.05) is 22.7 Å². The first-order valence-electron chi connectivity index (χ1n) is 12.1. The third kappa shape index (κ3) is 2.95. The van der Waals surface area contributed by atoms with Crippen LogP contribution in [0.3, 0.4) is 0 Å². The second-order valence-corrected chi connectivity index (χ2v) is 12.4. The molecule has 2 N–H and O–H groups in total. The molecule has 36 heavy (non-hydrogen) atoms. The monoisotopic (exact) mass is 537 g/mol. The fourth-order valence-electron chi connectivity index (χ4n) is 7.93. The van der Waals surface area contributed by atoms with Gasteiger partial charge in [-0.25, -0.2) is 18.6 Å². The number of ether oxygens (including phenoxy) is 1. The van der Waals surface area contributed by atoms with E-state index in [-0.39, 0.29) is 23.3 Å². The van der Waals surface area contributed by atoms with Crippen molar-refractivity contribution < 1.29 is 33.3 Å². The normalized spacial score (nSPS) is 45.4. The molecule has 5 rings (SSSR count). The fourth-order valence-corrected chi connectivity index (χ4v) is 9.08. The van der Waals surface area contributed by atoms with Crippen molar-refractivity contribution in [2.75, 3.05) is 0 Å². The minimum Gasteiger partial charge on any atom is -0.499 e. The van der Waals surface area contributed by atoms with Gasteiger partial charge in [-0.3, -0.25) is 4.79 Å². The largest absolute Gasteiger partial charge is 0.499 e. The van der Waals surface area contributed by atoms with Gasteiger partial charge in [-0.05, 0) is 69.0 Å². The van der Waals surface area contributed by atoms with Crippen LogP contribution in [0.2, 0.25) is 0 Å². The summed E-state index contributed by atoms with van der Waals surface area (Å²) in [6, 6.07) is 0. The number of nitrogens with zero attached hydrogens (tertiary/aromatic N) is 1. The lowest BCUT2D eigenvalue weighted by Gasteiger charge is -2.63. The number of esters is 1. The van der Waals surface area contributed by atoms with Gasteiger partial charge in [0.1, 0.15) is 11.0 Å². The number of fused-ring (bicyclic) bond motifs is 5. The van der Waals surface area contributed by atoms with Crippen LogP contribution in [0.1, 0.15) is 55.4 Å². The summed E-state index contributed by atoms with van der Waals surface area (Å²) in [5, 5.41) is 21.8. The summed E-state index contributed by atoms with van der Waals surface area (Å²) in [5.41, 5.74) is -4.62. The van der Waals surface area contributed by atoms with Crippen molar-refractivity contribution in [2.24, 2.45) is 28.6 Å². The zero-order chi connectivity index (χ0) is 26.4. The van der Waals surface area contributed by atoms with Crippen LogP contribution in [0.25, 0.3) is 0 Å². The molecular weight excluding hydrogens is 508 g/mol. The molecule has 1 aromatic heterocycles. The Labute approximate surface area is 217 Å². The third-order valence-corrected chi connectivity index (χ3v) is 10.9. The highest BCUT2D eigenvalue weighted by molar-refractivity contribution is 7.80. The predicted octanol–water partition coefficient (Wildman–Crippen LogP) is 4.80. The molecule has 194 valence electrons. The van der Waals surface area contributed by atoms with Crippen LogP contribution in [-0.2, 0) is 9.53 Å². The van der Waals surface area contributed by atoms with Crippen molar-refractivity contribution in [2.45, 2.75) is 70.5 Å². The number of hydrogen-bond acceptors (Lipinski definition) is 7. The van der Waals surface area contributed by atoms with E-state index in [0.29, 0.717) is 12.1 Å². The number of alkyl halides is 2. The number of carbonyl (C=O) groups excluding carboxylic acids is 2. The smallest absolute Gasteiger partial charge is 0.351 e. The molecule has 6 nitrogen and oxygen atoms in total. The van der Waals surface area contributed by atoms with E-state index in [4.69, 9.17) is 17.0 Å². The van der Waals surface area contributed by atoms with Crippen LogP contribution >= 0.6 is 23.6 Å². The number of aliphatic hydroxyl groups is 2. The van der Waals surface area contributed by atoms with E-state index in [1.807, 2.05) is 0 Å². The average molecular weight is 538 g/mol. The second kappa shape index (κ2) is 7.98. The van der Waals surface area contributed by atoms with Crippen LogP contribution in [-0.4, -0.2) is 55.5 Å². The lowest BCUT2D eigenvalue weighted by Crippen LogP contribution is -2.70. The molecule has 4 aliphatic rings. The number of ketones is 1. The summed E-state index contributed by atoms with van der Waals surface area (Å²) in [6.07, 6.45) is 0.470. The summed E-state index contributed by atoms with van der Waals surface area (Å²) in [4.78, 5) is 29.6. The van der Waals surface area contributed by atoms with E-state index in [1.165, 1.54) is 24.6 Å². The molecule has 0 spiro atoms. The van der Waals surface area contributed by atoms with Crippen molar-refractivity contribution in [1.29, 1.82) is 0 Å². The summed E-state index contributed by atoms with van der Waals surface area (Å²) in [5.74, 6) is -3.17. The Hall–Kier alpha value is -2.04. The SMILES string of the molecule is Cc1ncsc1C(=O)O[C@]1(C(O)=S)[C@H](C)C[C@H]2[C@@H]3C[C@H](F)C4=CC(=O)C=C[C@]4(C)C3(F)[C@@H](O)C[C@@]21C. The fraction of sp³-hybridized carbons (Fsp3) is 0.615. The highest BCUT2D eigenvalue weighted by atomic mass is 32.1. The molecule has 1 heterocycles. The Bertz CT molecular complexity index is 1230. The number of rotatable bonds is 3. The lowest BCUT2D eigenvalue weighted by molar-refractivity contribution is -0.215. The summed E-state index contributed by atoms with van der Waals surface area (Å²) < 4.78 is 39.0. The van der Waals surface area contributed by atoms with Crippen molar-refractivity contribution >= 4 is 40.4 Å². The van der Waals surface area contributed by atoms with Crippen LogP contribution < -0.4 is 0 Å². The van der Waals surface area contributed by atoms with Gasteiger partial charge in [-0.15, -0.1) is 11.3 Å². The van der Waals surface area contributed by atoms with Gasteiger partial charge in [0.15, 0.2) is 17.1 Å². The van der Waals surface area contributed by atoms with Gasteiger partial charge >= 0.3 is 5.97 Å².